The van der Waals surface area contributed by atoms with Crippen molar-refractivity contribution in [1.29, 1.82) is 0 Å². The molecular formula is C21H30ClFN4O2. The van der Waals surface area contributed by atoms with Gasteiger partial charge < -0.3 is 20.9 Å². The summed E-state index contributed by atoms with van der Waals surface area (Å²) in [7, 11) is 0. The molecule has 1 heterocycles. The molecule has 3 N–H and O–H groups in total. The number of halogens is 2. The smallest absolute Gasteiger partial charge is 0.315 e. The van der Waals surface area contributed by atoms with Crippen molar-refractivity contribution in [2.45, 2.75) is 63.5 Å². The van der Waals surface area contributed by atoms with Crippen LogP contribution in [-0.2, 0) is 4.79 Å². The van der Waals surface area contributed by atoms with Gasteiger partial charge in [0, 0.05) is 43.2 Å². The Kier molecular flexibility index (Phi) is 8.12. The van der Waals surface area contributed by atoms with Crippen LogP contribution in [0.5, 0.6) is 0 Å². The van der Waals surface area contributed by atoms with Gasteiger partial charge in [0.1, 0.15) is 5.82 Å². The fourth-order valence-electron chi connectivity index (χ4n) is 4.02. The van der Waals surface area contributed by atoms with Crippen molar-refractivity contribution < 1.29 is 14.0 Å². The summed E-state index contributed by atoms with van der Waals surface area (Å²) in [5.41, 5.74) is 0.145. The number of carbonyl (C=O) groups is 2. The molecule has 0 aromatic heterocycles. The zero-order chi connectivity index (χ0) is 20.6. The molecule has 1 aliphatic heterocycles. The number of rotatable bonds is 6. The first kappa shape index (κ1) is 21.8. The van der Waals surface area contributed by atoms with Crippen molar-refractivity contribution in [2.24, 2.45) is 0 Å². The third-order valence-corrected chi connectivity index (χ3v) is 5.96. The first-order chi connectivity index (χ1) is 14.0. The quantitative estimate of drug-likeness (QED) is 0.648. The standard InChI is InChI=1S/C21H30ClFN4O2/c22-15-6-7-19(18(23)14-15)26-20(28)10-13-27-11-8-17(9-12-27)25-21(29)24-16-4-2-1-3-5-16/h6-7,14,16-17H,1-5,8-13H2,(H,26,28)(H2,24,25,29). The Hall–Kier alpha value is -1.86. The van der Waals surface area contributed by atoms with Gasteiger partial charge in [0.05, 0.1) is 5.69 Å². The van der Waals surface area contributed by atoms with E-state index in [0.717, 1.165) is 38.8 Å². The fraction of sp³-hybridized carbons (Fsp3) is 0.619. The maximum atomic E-state index is 13.8. The van der Waals surface area contributed by atoms with E-state index in [1.807, 2.05) is 0 Å². The highest BCUT2D eigenvalue weighted by atomic mass is 35.5. The Balaban J connectivity index is 1.32. The highest BCUT2D eigenvalue weighted by molar-refractivity contribution is 6.30. The highest BCUT2D eigenvalue weighted by Crippen LogP contribution is 2.19. The first-order valence-electron chi connectivity index (χ1n) is 10.5. The van der Waals surface area contributed by atoms with E-state index in [-0.39, 0.29) is 23.7 Å². The van der Waals surface area contributed by atoms with E-state index in [1.54, 1.807) is 6.07 Å². The Labute approximate surface area is 176 Å². The predicted molar refractivity (Wildman–Crippen MR) is 113 cm³/mol. The number of hydrogen-bond donors (Lipinski definition) is 3. The molecule has 0 spiro atoms. The largest absolute Gasteiger partial charge is 0.335 e. The van der Waals surface area contributed by atoms with Crippen LogP contribution >= 0.6 is 11.6 Å². The number of piperidine rings is 1. The Morgan fingerprint density at radius 3 is 2.34 bits per heavy atom. The molecule has 1 saturated heterocycles. The molecule has 3 amide bonds. The predicted octanol–water partition coefficient (Wildman–Crippen LogP) is 3.90. The van der Waals surface area contributed by atoms with Crippen LogP contribution in [0, 0.1) is 5.82 Å². The molecule has 8 heteroatoms. The maximum absolute atomic E-state index is 13.8. The summed E-state index contributed by atoms with van der Waals surface area (Å²) in [6.07, 6.45) is 7.84. The lowest BCUT2D eigenvalue weighted by atomic mass is 9.96. The van der Waals surface area contributed by atoms with E-state index < -0.39 is 5.82 Å². The van der Waals surface area contributed by atoms with Crippen LogP contribution < -0.4 is 16.0 Å². The zero-order valence-electron chi connectivity index (χ0n) is 16.7. The summed E-state index contributed by atoms with van der Waals surface area (Å²) in [4.78, 5) is 26.5. The first-order valence-corrected chi connectivity index (χ1v) is 10.9. The summed E-state index contributed by atoms with van der Waals surface area (Å²) < 4.78 is 13.8. The minimum Gasteiger partial charge on any atom is -0.335 e. The van der Waals surface area contributed by atoms with Gasteiger partial charge in [-0.3, -0.25) is 4.79 Å². The van der Waals surface area contributed by atoms with Crippen LogP contribution in [0.25, 0.3) is 0 Å². The second kappa shape index (κ2) is 10.8. The summed E-state index contributed by atoms with van der Waals surface area (Å²) in [6.45, 7) is 2.27. The number of anilines is 1. The normalized spacial score (nSPS) is 19.0. The van der Waals surface area contributed by atoms with Crippen LogP contribution in [0.3, 0.4) is 0 Å². The van der Waals surface area contributed by atoms with E-state index in [1.165, 1.54) is 31.4 Å². The minimum absolute atomic E-state index is 0.0558. The average Bonchev–Trinajstić information content (AvgIpc) is 2.70. The SMILES string of the molecule is O=C(CCN1CCC(NC(=O)NC2CCCCC2)CC1)Nc1ccc(Cl)cc1F. The Morgan fingerprint density at radius 2 is 1.69 bits per heavy atom. The number of nitrogens with one attached hydrogen (secondary N) is 3. The highest BCUT2D eigenvalue weighted by Gasteiger charge is 2.22. The van der Waals surface area contributed by atoms with Crippen molar-refractivity contribution in [3.8, 4) is 0 Å². The monoisotopic (exact) mass is 424 g/mol. The van der Waals surface area contributed by atoms with Gasteiger partial charge in [0.2, 0.25) is 5.91 Å². The van der Waals surface area contributed by atoms with Gasteiger partial charge in [-0.2, -0.15) is 0 Å². The zero-order valence-corrected chi connectivity index (χ0v) is 17.4. The molecule has 2 fully saturated rings. The summed E-state index contributed by atoms with van der Waals surface area (Å²) in [6, 6.07) is 4.62. The van der Waals surface area contributed by atoms with Gasteiger partial charge >= 0.3 is 6.03 Å². The van der Waals surface area contributed by atoms with Gasteiger partial charge in [0.25, 0.3) is 0 Å². The van der Waals surface area contributed by atoms with Crippen LogP contribution in [0.15, 0.2) is 18.2 Å². The van der Waals surface area contributed by atoms with Crippen molar-refractivity contribution >= 4 is 29.2 Å². The van der Waals surface area contributed by atoms with E-state index in [9.17, 15) is 14.0 Å². The molecule has 29 heavy (non-hydrogen) atoms. The average molecular weight is 425 g/mol. The number of nitrogens with zero attached hydrogens (tertiary/aromatic N) is 1. The molecule has 1 aromatic rings. The number of amides is 3. The van der Waals surface area contributed by atoms with Crippen molar-refractivity contribution in [3.05, 3.63) is 29.0 Å². The summed E-state index contributed by atoms with van der Waals surface area (Å²) in [5.74, 6) is -0.762. The Morgan fingerprint density at radius 1 is 1.03 bits per heavy atom. The molecule has 0 radical (unpaired) electrons. The van der Waals surface area contributed by atoms with Crippen molar-refractivity contribution in [1.82, 2.24) is 15.5 Å². The second-order valence-electron chi connectivity index (χ2n) is 7.99. The lowest BCUT2D eigenvalue weighted by Gasteiger charge is -2.32. The van der Waals surface area contributed by atoms with Gasteiger partial charge in [-0.25, -0.2) is 9.18 Å². The molecule has 0 atom stereocenters. The van der Waals surface area contributed by atoms with Crippen LogP contribution in [0.1, 0.15) is 51.4 Å². The minimum atomic E-state index is -0.538. The van der Waals surface area contributed by atoms with E-state index in [0.29, 0.717) is 24.0 Å². The molecule has 1 aromatic carbocycles. The topological polar surface area (TPSA) is 73.5 Å². The molecular weight excluding hydrogens is 395 g/mol. The van der Waals surface area contributed by atoms with E-state index in [4.69, 9.17) is 11.6 Å². The molecule has 0 bridgehead atoms. The Bertz CT molecular complexity index is 704. The van der Waals surface area contributed by atoms with Crippen molar-refractivity contribution in [2.75, 3.05) is 25.0 Å². The van der Waals surface area contributed by atoms with Crippen LogP contribution in [-0.4, -0.2) is 48.6 Å². The van der Waals surface area contributed by atoms with Gasteiger partial charge in [0.15, 0.2) is 0 Å². The summed E-state index contributed by atoms with van der Waals surface area (Å²) >= 11 is 5.72. The lowest BCUT2D eigenvalue weighted by Crippen LogP contribution is -2.50. The molecule has 160 valence electrons. The van der Waals surface area contributed by atoms with Gasteiger partial charge in [-0.1, -0.05) is 30.9 Å². The number of likely N-dealkylation sites (tertiary alicyclic amines) is 1. The van der Waals surface area contributed by atoms with E-state index >= 15 is 0 Å². The van der Waals surface area contributed by atoms with Crippen molar-refractivity contribution in [3.63, 3.8) is 0 Å². The maximum Gasteiger partial charge on any atom is 0.315 e. The number of urea groups is 1. The number of carbonyl (C=O) groups excluding carboxylic acids is 2. The third kappa shape index (κ3) is 7.16. The molecule has 1 aliphatic carbocycles. The number of benzene rings is 1. The van der Waals surface area contributed by atoms with Crippen LogP contribution in [0.4, 0.5) is 14.9 Å². The summed E-state index contributed by atoms with van der Waals surface area (Å²) in [5, 5.41) is 9.06. The molecule has 1 saturated carbocycles. The fourth-order valence-corrected chi connectivity index (χ4v) is 4.18. The molecule has 6 nitrogen and oxygen atoms in total. The second-order valence-corrected chi connectivity index (χ2v) is 8.43. The number of hydrogen-bond acceptors (Lipinski definition) is 3. The third-order valence-electron chi connectivity index (χ3n) is 5.72. The van der Waals surface area contributed by atoms with Gasteiger partial charge in [-0.05, 0) is 43.9 Å². The van der Waals surface area contributed by atoms with Gasteiger partial charge in [-0.15, -0.1) is 0 Å². The van der Waals surface area contributed by atoms with E-state index in [2.05, 4.69) is 20.9 Å². The molecule has 0 unspecified atom stereocenters. The van der Waals surface area contributed by atoms with Crippen LogP contribution in [0.2, 0.25) is 5.02 Å². The lowest BCUT2D eigenvalue weighted by molar-refractivity contribution is -0.116. The molecule has 3 rings (SSSR count). The molecule has 2 aliphatic rings.